The summed E-state index contributed by atoms with van der Waals surface area (Å²) >= 11 is 0. The number of phenols is 1. The van der Waals surface area contributed by atoms with Crippen molar-refractivity contribution < 1.29 is 9.84 Å². The van der Waals surface area contributed by atoms with Crippen LogP contribution in [-0.4, -0.2) is 42.8 Å². The van der Waals surface area contributed by atoms with Crippen LogP contribution in [0.5, 0.6) is 5.75 Å². The first-order chi connectivity index (χ1) is 8.58. The van der Waals surface area contributed by atoms with Crippen molar-refractivity contribution in [1.82, 2.24) is 4.90 Å². The van der Waals surface area contributed by atoms with E-state index in [1.807, 2.05) is 17.0 Å². The summed E-state index contributed by atoms with van der Waals surface area (Å²) in [6, 6.07) is 7.18. The molecule has 1 aliphatic heterocycles. The number of nitrogens with two attached hydrogens (primary N) is 1. The molecule has 2 rings (SSSR count). The summed E-state index contributed by atoms with van der Waals surface area (Å²) in [5.74, 6) is 0.806. The summed E-state index contributed by atoms with van der Waals surface area (Å²) in [4.78, 5) is 6.37. The molecule has 0 aliphatic carbocycles. The van der Waals surface area contributed by atoms with Crippen molar-refractivity contribution in [1.29, 1.82) is 0 Å². The van der Waals surface area contributed by atoms with Crippen molar-refractivity contribution in [2.75, 3.05) is 26.8 Å². The second kappa shape index (κ2) is 4.86. The Labute approximate surface area is 107 Å². The lowest BCUT2D eigenvalue weighted by atomic mass is 9.91. The van der Waals surface area contributed by atoms with Crippen LogP contribution in [0.25, 0.3) is 0 Å². The predicted octanol–water partition coefficient (Wildman–Crippen LogP) is 0.884. The Morgan fingerprint density at radius 3 is 2.72 bits per heavy atom. The fourth-order valence-corrected chi connectivity index (χ4v) is 2.27. The molecule has 3 N–H and O–H groups in total. The Morgan fingerprint density at radius 1 is 1.44 bits per heavy atom. The molecule has 0 radical (unpaired) electrons. The highest BCUT2D eigenvalue weighted by molar-refractivity contribution is 5.81. The maximum absolute atomic E-state index is 9.36. The van der Waals surface area contributed by atoms with Crippen LogP contribution in [0.15, 0.2) is 29.3 Å². The fourth-order valence-electron chi connectivity index (χ4n) is 2.27. The number of aromatic hydroxyl groups is 1. The van der Waals surface area contributed by atoms with Gasteiger partial charge in [-0.05, 0) is 24.6 Å². The second-order valence-corrected chi connectivity index (χ2v) is 4.64. The van der Waals surface area contributed by atoms with Crippen LogP contribution < -0.4 is 5.73 Å². The third kappa shape index (κ3) is 2.13. The molecule has 0 aromatic heterocycles. The van der Waals surface area contributed by atoms with Crippen LogP contribution in [0.3, 0.4) is 0 Å². The zero-order valence-electron chi connectivity index (χ0n) is 10.8. The number of methoxy groups -OCH3 is 1. The van der Waals surface area contributed by atoms with Gasteiger partial charge in [0.15, 0.2) is 5.96 Å². The maximum atomic E-state index is 9.36. The van der Waals surface area contributed by atoms with Gasteiger partial charge >= 0.3 is 0 Å². The number of nitrogens with zero attached hydrogens (tertiary/aromatic N) is 2. The molecule has 18 heavy (non-hydrogen) atoms. The van der Waals surface area contributed by atoms with E-state index < -0.39 is 0 Å². The van der Waals surface area contributed by atoms with Gasteiger partial charge in [-0.25, -0.2) is 0 Å². The molecule has 1 aliphatic rings. The number of benzene rings is 1. The van der Waals surface area contributed by atoms with E-state index in [0.717, 1.165) is 5.56 Å². The molecule has 1 heterocycles. The molecule has 0 saturated carbocycles. The van der Waals surface area contributed by atoms with Crippen LogP contribution in [-0.2, 0) is 10.3 Å². The van der Waals surface area contributed by atoms with Crippen molar-refractivity contribution in [3.05, 3.63) is 29.8 Å². The Hall–Kier alpha value is -1.75. The zero-order chi connectivity index (χ0) is 13.2. The molecule has 1 atom stereocenters. The van der Waals surface area contributed by atoms with Gasteiger partial charge in [0.25, 0.3) is 0 Å². The van der Waals surface area contributed by atoms with Crippen molar-refractivity contribution in [2.24, 2.45) is 10.7 Å². The molecule has 98 valence electrons. The highest BCUT2D eigenvalue weighted by Crippen LogP contribution is 2.33. The fraction of sp³-hybridized carbons (Fsp3) is 0.462. The van der Waals surface area contributed by atoms with Crippen LogP contribution in [0, 0.1) is 0 Å². The minimum absolute atomic E-state index is 0.262. The van der Waals surface area contributed by atoms with Gasteiger partial charge in [-0.1, -0.05) is 12.1 Å². The lowest BCUT2D eigenvalue weighted by molar-refractivity contribution is 0.137. The zero-order valence-corrected chi connectivity index (χ0v) is 10.8. The Bertz CT molecular complexity index is 444. The van der Waals surface area contributed by atoms with Crippen LogP contribution in [0.1, 0.15) is 12.5 Å². The molecule has 5 nitrogen and oxygen atoms in total. The van der Waals surface area contributed by atoms with Crippen LogP contribution in [0.2, 0.25) is 0 Å². The summed E-state index contributed by atoms with van der Waals surface area (Å²) in [6.45, 7) is 4.01. The van der Waals surface area contributed by atoms with Crippen molar-refractivity contribution >= 4 is 5.96 Å². The standard InChI is InChI=1S/C13H19N3O2/c1-13(10-3-5-11(17)6-4-10)9-15-12(14)16(13)7-8-18-2/h3-6,17H,7-9H2,1-2H3,(H2,14,15). The Balaban J connectivity index is 2.26. The van der Waals surface area contributed by atoms with E-state index in [1.54, 1.807) is 19.2 Å². The smallest absolute Gasteiger partial charge is 0.192 e. The Kier molecular flexibility index (Phi) is 3.43. The summed E-state index contributed by atoms with van der Waals surface area (Å²) in [6.07, 6.45) is 0. The third-order valence-corrected chi connectivity index (χ3v) is 3.43. The maximum Gasteiger partial charge on any atom is 0.192 e. The van der Waals surface area contributed by atoms with Gasteiger partial charge in [0.2, 0.25) is 0 Å². The lowest BCUT2D eigenvalue weighted by Gasteiger charge is -2.36. The summed E-state index contributed by atoms with van der Waals surface area (Å²) in [5.41, 5.74) is 6.75. The van der Waals surface area contributed by atoms with Gasteiger partial charge in [-0.3, -0.25) is 4.99 Å². The van der Waals surface area contributed by atoms with Crippen molar-refractivity contribution in [3.63, 3.8) is 0 Å². The molecular weight excluding hydrogens is 230 g/mol. The van der Waals surface area contributed by atoms with E-state index in [2.05, 4.69) is 11.9 Å². The average Bonchev–Trinajstić information content (AvgIpc) is 2.65. The number of rotatable bonds is 4. The number of hydrogen-bond acceptors (Lipinski definition) is 5. The van der Waals surface area contributed by atoms with Gasteiger partial charge in [0.1, 0.15) is 5.75 Å². The van der Waals surface area contributed by atoms with E-state index in [4.69, 9.17) is 10.5 Å². The number of guanidine groups is 1. The minimum Gasteiger partial charge on any atom is -0.508 e. The monoisotopic (exact) mass is 249 g/mol. The summed E-state index contributed by atoms with van der Waals surface area (Å²) in [7, 11) is 1.67. The van der Waals surface area contributed by atoms with Crippen molar-refractivity contribution in [2.45, 2.75) is 12.5 Å². The van der Waals surface area contributed by atoms with E-state index in [1.165, 1.54) is 0 Å². The molecule has 0 spiro atoms. The molecule has 0 fully saturated rings. The predicted molar refractivity (Wildman–Crippen MR) is 70.5 cm³/mol. The number of hydrogen-bond donors (Lipinski definition) is 2. The van der Waals surface area contributed by atoms with E-state index in [9.17, 15) is 5.11 Å². The lowest BCUT2D eigenvalue weighted by Crippen LogP contribution is -2.48. The van der Waals surface area contributed by atoms with Gasteiger partial charge < -0.3 is 20.5 Å². The number of ether oxygens (including phenoxy) is 1. The van der Waals surface area contributed by atoms with E-state index in [-0.39, 0.29) is 11.3 Å². The normalized spacial score (nSPS) is 23.2. The van der Waals surface area contributed by atoms with Crippen LogP contribution >= 0.6 is 0 Å². The molecular formula is C13H19N3O2. The molecule has 0 saturated heterocycles. The quantitative estimate of drug-likeness (QED) is 0.831. The van der Waals surface area contributed by atoms with Gasteiger partial charge in [-0.2, -0.15) is 0 Å². The first kappa shape index (κ1) is 12.7. The number of phenolic OH excluding ortho intramolecular Hbond substituents is 1. The van der Waals surface area contributed by atoms with Gasteiger partial charge in [0, 0.05) is 13.7 Å². The molecule has 0 bridgehead atoms. The second-order valence-electron chi connectivity index (χ2n) is 4.64. The van der Waals surface area contributed by atoms with Gasteiger partial charge in [0.05, 0.1) is 18.7 Å². The van der Waals surface area contributed by atoms with E-state index >= 15 is 0 Å². The van der Waals surface area contributed by atoms with E-state index in [0.29, 0.717) is 25.7 Å². The first-order valence-corrected chi connectivity index (χ1v) is 5.94. The summed E-state index contributed by atoms with van der Waals surface area (Å²) < 4.78 is 5.11. The largest absolute Gasteiger partial charge is 0.508 e. The molecule has 0 amide bonds. The topological polar surface area (TPSA) is 71.1 Å². The summed E-state index contributed by atoms with van der Waals surface area (Å²) in [5, 5.41) is 9.36. The van der Waals surface area contributed by atoms with Crippen LogP contribution in [0.4, 0.5) is 0 Å². The highest BCUT2D eigenvalue weighted by Gasteiger charge is 2.39. The Morgan fingerprint density at radius 2 is 2.11 bits per heavy atom. The number of aliphatic imine (C=N–C) groups is 1. The molecule has 1 unspecified atom stereocenters. The first-order valence-electron chi connectivity index (χ1n) is 5.94. The minimum atomic E-state index is -0.268. The molecule has 5 heteroatoms. The molecule has 1 aromatic rings. The van der Waals surface area contributed by atoms with Gasteiger partial charge in [-0.15, -0.1) is 0 Å². The SMILES string of the molecule is COCCN1C(N)=NCC1(C)c1ccc(O)cc1. The van der Waals surface area contributed by atoms with Crippen molar-refractivity contribution in [3.8, 4) is 5.75 Å². The third-order valence-electron chi connectivity index (χ3n) is 3.43. The average molecular weight is 249 g/mol. The molecule has 1 aromatic carbocycles. The highest BCUT2D eigenvalue weighted by atomic mass is 16.5.